The van der Waals surface area contributed by atoms with E-state index in [1.165, 1.54) is 0 Å². The standard InChI is InChI=1S/C37H31N3O4/c1-4-44-30-20-18-29(19-21-30)39-33(26-13-7-5-8-14-26)23-28(34(39)27-15-9-6-10-16-27)22-31-35(41)38-37(43)40(36(31)42)32-17-11-12-24(2)25(32)3/h5-23H,4H2,1-3H3,(H,38,41,43)/b31-22-. The highest BCUT2D eigenvalue weighted by molar-refractivity contribution is 6.39. The largest absolute Gasteiger partial charge is 0.494 e. The van der Waals surface area contributed by atoms with E-state index < -0.39 is 17.8 Å². The second kappa shape index (κ2) is 11.9. The molecule has 218 valence electrons. The Morgan fingerprint density at radius 3 is 2.09 bits per heavy atom. The van der Waals surface area contributed by atoms with Crippen molar-refractivity contribution in [3.05, 3.63) is 131 Å². The molecule has 1 fully saturated rings. The third-order valence-corrected chi connectivity index (χ3v) is 7.77. The Morgan fingerprint density at radius 1 is 0.773 bits per heavy atom. The van der Waals surface area contributed by atoms with Gasteiger partial charge in [-0.25, -0.2) is 9.69 Å². The number of imide groups is 2. The van der Waals surface area contributed by atoms with E-state index in [2.05, 4.69) is 9.88 Å². The highest BCUT2D eigenvalue weighted by atomic mass is 16.5. The first-order valence-corrected chi connectivity index (χ1v) is 14.4. The van der Waals surface area contributed by atoms with Crippen molar-refractivity contribution in [3.8, 4) is 34.0 Å². The van der Waals surface area contributed by atoms with E-state index in [0.29, 0.717) is 17.9 Å². The van der Waals surface area contributed by atoms with Crippen LogP contribution < -0.4 is 15.0 Å². The van der Waals surface area contributed by atoms with E-state index in [-0.39, 0.29) is 5.57 Å². The van der Waals surface area contributed by atoms with Crippen LogP contribution in [0.25, 0.3) is 34.3 Å². The zero-order valence-corrected chi connectivity index (χ0v) is 24.7. The number of hydrogen-bond donors (Lipinski definition) is 1. The predicted octanol–water partition coefficient (Wildman–Crippen LogP) is 7.49. The maximum absolute atomic E-state index is 13.9. The molecular formula is C37H31N3O4. The molecule has 1 saturated heterocycles. The van der Waals surface area contributed by atoms with E-state index >= 15 is 0 Å². The molecule has 2 heterocycles. The molecule has 44 heavy (non-hydrogen) atoms. The van der Waals surface area contributed by atoms with Crippen LogP contribution in [0.4, 0.5) is 10.5 Å². The first-order chi connectivity index (χ1) is 21.4. The quantitative estimate of drug-likeness (QED) is 0.160. The molecular weight excluding hydrogens is 550 g/mol. The second-order valence-corrected chi connectivity index (χ2v) is 10.5. The number of nitrogens with zero attached hydrogens (tertiary/aromatic N) is 2. The van der Waals surface area contributed by atoms with E-state index in [9.17, 15) is 14.4 Å². The van der Waals surface area contributed by atoms with Crippen LogP contribution in [0, 0.1) is 13.8 Å². The first kappa shape index (κ1) is 28.4. The molecule has 6 rings (SSSR count). The Balaban J connectivity index is 1.59. The molecule has 0 spiro atoms. The van der Waals surface area contributed by atoms with E-state index in [1.807, 2.05) is 118 Å². The minimum absolute atomic E-state index is 0.133. The Labute approximate surface area is 256 Å². The molecule has 0 saturated carbocycles. The van der Waals surface area contributed by atoms with Gasteiger partial charge in [0.15, 0.2) is 0 Å². The molecule has 1 aromatic heterocycles. The van der Waals surface area contributed by atoms with Crippen molar-refractivity contribution in [3.63, 3.8) is 0 Å². The van der Waals surface area contributed by atoms with Gasteiger partial charge in [-0.3, -0.25) is 14.9 Å². The molecule has 1 N–H and O–H groups in total. The maximum Gasteiger partial charge on any atom is 0.335 e. The summed E-state index contributed by atoms with van der Waals surface area (Å²) in [4.78, 5) is 41.2. The topological polar surface area (TPSA) is 80.6 Å². The van der Waals surface area contributed by atoms with Gasteiger partial charge in [0, 0.05) is 11.3 Å². The first-order valence-electron chi connectivity index (χ1n) is 14.4. The summed E-state index contributed by atoms with van der Waals surface area (Å²) in [5, 5.41) is 2.38. The number of carbonyl (C=O) groups is 3. The van der Waals surface area contributed by atoms with Gasteiger partial charge < -0.3 is 9.30 Å². The average molecular weight is 582 g/mol. The van der Waals surface area contributed by atoms with Crippen molar-refractivity contribution in [2.75, 3.05) is 11.5 Å². The zero-order chi connectivity index (χ0) is 30.8. The van der Waals surface area contributed by atoms with Crippen molar-refractivity contribution >= 4 is 29.6 Å². The summed E-state index contributed by atoms with van der Waals surface area (Å²) in [6.45, 7) is 6.26. The number of nitrogens with one attached hydrogen (secondary N) is 1. The molecule has 4 amide bonds. The number of aromatic nitrogens is 1. The number of amides is 4. The van der Waals surface area contributed by atoms with Gasteiger partial charge in [-0.1, -0.05) is 72.8 Å². The predicted molar refractivity (Wildman–Crippen MR) is 173 cm³/mol. The smallest absolute Gasteiger partial charge is 0.335 e. The Morgan fingerprint density at radius 2 is 1.43 bits per heavy atom. The lowest BCUT2D eigenvalue weighted by molar-refractivity contribution is -0.122. The summed E-state index contributed by atoms with van der Waals surface area (Å²) >= 11 is 0. The van der Waals surface area contributed by atoms with Crippen LogP contribution in [-0.2, 0) is 9.59 Å². The summed E-state index contributed by atoms with van der Waals surface area (Å²) in [5.41, 5.74) is 7.04. The summed E-state index contributed by atoms with van der Waals surface area (Å²) in [5.74, 6) is -0.661. The molecule has 4 aromatic carbocycles. The number of urea groups is 1. The molecule has 7 nitrogen and oxygen atoms in total. The van der Waals surface area contributed by atoms with Crippen LogP contribution >= 0.6 is 0 Å². The van der Waals surface area contributed by atoms with Crippen molar-refractivity contribution in [1.29, 1.82) is 0 Å². The zero-order valence-electron chi connectivity index (χ0n) is 24.7. The second-order valence-electron chi connectivity index (χ2n) is 10.5. The van der Waals surface area contributed by atoms with Crippen LogP contribution in [0.3, 0.4) is 0 Å². The number of anilines is 1. The van der Waals surface area contributed by atoms with Gasteiger partial charge in [-0.05, 0) is 85.5 Å². The van der Waals surface area contributed by atoms with Gasteiger partial charge in [-0.2, -0.15) is 0 Å². The maximum atomic E-state index is 13.9. The highest BCUT2D eigenvalue weighted by Crippen LogP contribution is 2.38. The van der Waals surface area contributed by atoms with E-state index in [1.54, 1.807) is 18.2 Å². The summed E-state index contributed by atoms with van der Waals surface area (Å²) in [6, 6.07) is 34.2. The Hall–Kier alpha value is -5.69. The number of benzene rings is 4. The van der Waals surface area contributed by atoms with Gasteiger partial charge in [0.1, 0.15) is 11.3 Å². The monoisotopic (exact) mass is 581 g/mol. The normalized spacial score (nSPS) is 14.2. The number of barbiturate groups is 1. The highest BCUT2D eigenvalue weighted by Gasteiger charge is 2.38. The fraction of sp³-hybridized carbons (Fsp3) is 0.108. The number of ether oxygens (including phenoxy) is 1. The van der Waals surface area contributed by atoms with Crippen molar-refractivity contribution in [2.24, 2.45) is 0 Å². The van der Waals surface area contributed by atoms with Crippen molar-refractivity contribution in [1.82, 2.24) is 9.88 Å². The average Bonchev–Trinajstić information content (AvgIpc) is 3.42. The Kier molecular flexibility index (Phi) is 7.69. The SMILES string of the molecule is CCOc1ccc(-n2c(-c3ccccc3)cc(/C=C3/C(=O)NC(=O)N(c4cccc(C)c4C)C3=O)c2-c2ccccc2)cc1. The molecule has 7 heteroatoms. The van der Waals surface area contributed by atoms with Gasteiger partial charge >= 0.3 is 6.03 Å². The number of rotatable bonds is 7. The fourth-order valence-electron chi connectivity index (χ4n) is 5.49. The lowest BCUT2D eigenvalue weighted by Gasteiger charge is -2.28. The molecule has 5 aromatic rings. The van der Waals surface area contributed by atoms with Crippen molar-refractivity contribution < 1.29 is 19.1 Å². The van der Waals surface area contributed by atoms with Crippen LogP contribution in [0.2, 0.25) is 0 Å². The number of hydrogen-bond acceptors (Lipinski definition) is 4. The lowest BCUT2D eigenvalue weighted by atomic mass is 10.0. The molecule has 0 unspecified atom stereocenters. The molecule has 1 aliphatic heterocycles. The summed E-state index contributed by atoms with van der Waals surface area (Å²) in [7, 11) is 0. The molecule has 0 aliphatic carbocycles. The van der Waals surface area contributed by atoms with Gasteiger partial charge in [0.2, 0.25) is 0 Å². The lowest BCUT2D eigenvalue weighted by Crippen LogP contribution is -2.54. The van der Waals surface area contributed by atoms with Crippen LogP contribution in [0.1, 0.15) is 23.6 Å². The third kappa shape index (κ3) is 5.20. The van der Waals surface area contributed by atoms with Crippen LogP contribution in [-0.4, -0.2) is 29.0 Å². The summed E-state index contributed by atoms with van der Waals surface area (Å²) in [6.07, 6.45) is 1.59. The van der Waals surface area contributed by atoms with Crippen molar-refractivity contribution in [2.45, 2.75) is 20.8 Å². The Bertz CT molecular complexity index is 1910. The molecule has 0 radical (unpaired) electrons. The minimum atomic E-state index is -0.772. The third-order valence-electron chi connectivity index (χ3n) is 7.77. The minimum Gasteiger partial charge on any atom is -0.494 e. The number of aryl methyl sites for hydroxylation is 1. The number of carbonyl (C=O) groups excluding carboxylic acids is 3. The van der Waals surface area contributed by atoms with Crippen LogP contribution in [0.5, 0.6) is 5.75 Å². The van der Waals surface area contributed by atoms with E-state index in [4.69, 9.17) is 4.74 Å². The van der Waals surface area contributed by atoms with E-state index in [0.717, 1.165) is 50.0 Å². The van der Waals surface area contributed by atoms with Gasteiger partial charge in [0.25, 0.3) is 11.8 Å². The summed E-state index contributed by atoms with van der Waals surface area (Å²) < 4.78 is 7.81. The van der Waals surface area contributed by atoms with Gasteiger partial charge in [0.05, 0.1) is 23.7 Å². The molecule has 0 atom stereocenters. The fourth-order valence-corrected chi connectivity index (χ4v) is 5.49. The molecule has 1 aliphatic rings. The van der Waals surface area contributed by atoms with Crippen LogP contribution in [0.15, 0.2) is 115 Å². The van der Waals surface area contributed by atoms with Gasteiger partial charge in [-0.15, -0.1) is 0 Å². The molecule has 0 bridgehead atoms.